The molecule has 0 radical (unpaired) electrons. The summed E-state index contributed by atoms with van der Waals surface area (Å²) in [5, 5.41) is 2.82. The second-order valence-electron chi connectivity index (χ2n) is 6.54. The number of aromatic nitrogens is 2. The molecule has 0 spiro atoms. The van der Waals surface area contributed by atoms with Crippen LogP contribution in [0.4, 0.5) is 10.1 Å². The molecule has 0 saturated carbocycles. The number of carbonyl (C=O) groups excluding carboxylic acids is 1. The number of fused-ring (bicyclic) bond motifs is 1. The van der Waals surface area contributed by atoms with E-state index in [0.717, 1.165) is 28.5 Å². The summed E-state index contributed by atoms with van der Waals surface area (Å²) in [5.74, 6) is -0.482. The SMILES string of the molecule is COc1ccc(-c2cn3cccc(C)c3n2)cc1NC(=O)c1ccc(F)cc1Cl. The van der Waals surface area contributed by atoms with Gasteiger partial charge in [0.2, 0.25) is 0 Å². The Kier molecular flexibility index (Phi) is 4.94. The lowest BCUT2D eigenvalue weighted by atomic mass is 10.1. The first-order valence-electron chi connectivity index (χ1n) is 8.85. The monoisotopic (exact) mass is 409 g/mol. The summed E-state index contributed by atoms with van der Waals surface area (Å²) in [6, 6.07) is 13.0. The van der Waals surface area contributed by atoms with E-state index >= 15 is 0 Å². The van der Waals surface area contributed by atoms with Crippen LogP contribution in [0.5, 0.6) is 5.75 Å². The third kappa shape index (κ3) is 3.67. The average molecular weight is 410 g/mol. The van der Waals surface area contributed by atoms with E-state index in [1.54, 1.807) is 12.1 Å². The third-order valence-corrected chi connectivity index (χ3v) is 4.91. The molecule has 0 fully saturated rings. The summed E-state index contributed by atoms with van der Waals surface area (Å²) < 4.78 is 20.6. The molecule has 0 unspecified atom stereocenters. The highest BCUT2D eigenvalue weighted by atomic mass is 35.5. The fourth-order valence-corrected chi connectivity index (χ4v) is 3.37. The Labute approximate surface area is 171 Å². The molecule has 5 nitrogen and oxygen atoms in total. The summed E-state index contributed by atoms with van der Waals surface area (Å²) in [6.45, 7) is 2.00. The van der Waals surface area contributed by atoms with Gasteiger partial charge in [-0.3, -0.25) is 4.79 Å². The van der Waals surface area contributed by atoms with Gasteiger partial charge >= 0.3 is 0 Å². The molecule has 4 rings (SSSR count). The van der Waals surface area contributed by atoms with Crippen LogP contribution in [0.15, 0.2) is 60.9 Å². The maximum Gasteiger partial charge on any atom is 0.257 e. The smallest absolute Gasteiger partial charge is 0.257 e. The van der Waals surface area contributed by atoms with Crippen LogP contribution in [0.25, 0.3) is 16.9 Å². The third-order valence-electron chi connectivity index (χ3n) is 4.60. The predicted octanol–water partition coefficient (Wildman–Crippen LogP) is 5.36. The largest absolute Gasteiger partial charge is 0.495 e. The molecule has 7 heteroatoms. The summed E-state index contributed by atoms with van der Waals surface area (Å²) in [5.41, 5.74) is 4.13. The molecule has 0 aliphatic carbocycles. The molecule has 0 bridgehead atoms. The first-order chi connectivity index (χ1) is 14.0. The van der Waals surface area contributed by atoms with Crippen LogP contribution in [-0.2, 0) is 0 Å². The van der Waals surface area contributed by atoms with Crippen LogP contribution in [0.2, 0.25) is 5.02 Å². The molecular formula is C22H17ClFN3O2. The van der Waals surface area contributed by atoms with Crippen LogP contribution in [0.3, 0.4) is 0 Å². The maximum atomic E-state index is 13.3. The first-order valence-corrected chi connectivity index (χ1v) is 9.23. The van der Waals surface area contributed by atoms with Crippen molar-refractivity contribution in [2.75, 3.05) is 12.4 Å². The van der Waals surface area contributed by atoms with Crippen molar-refractivity contribution in [3.8, 4) is 17.0 Å². The van der Waals surface area contributed by atoms with Crippen LogP contribution in [0.1, 0.15) is 15.9 Å². The second-order valence-corrected chi connectivity index (χ2v) is 6.95. The Morgan fingerprint density at radius 2 is 2.03 bits per heavy atom. The van der Waals surface area contributed by atoms with Crippen molar-refractivity contribution in [2.45, 2.75) is 6.92 Å². The van der Waals surface area contributed by atoms with Crippen molar-refractivity contribution in [3.05, 3.63) is 82.9 Å². The number of ether oxygens (including phenoxy) is 1. The Morgan fingerprint density at radius 3 is 2.76 bits per heavy atom. The second kappa shape index (κ2) is 7.56. The van der Waals surface area contributed by atoms with E-state index in [9.17, 15) is 9.18 Å². The number of halogens is 2. The summed E-state index contributed by atoms with van der Waals surface area (Å²) >= 11 is 6.01. The lowest BCUT2D eigenvalue weighted by Crippen LogP contribution is -2.13. The minimum Gasteiger partial charge on any atom is -0.495 e. The number of aryl methyl sites for hydroxylation is 1. The standard InChI is InChI=1S/C22H17ClFN3O2/c1-13-4-3-9-27-12-19(25-21(13)27)14-5-8-20(29-2)18(10-14)26-22(28)16-7-6-15(24)11-17(16)23/h3-12H,1-2H3,(H,26,28). The zero-order valence-corrected chi connectivity index (χ0v) is 16.5. The zero-order chi connectivity index (χ0) is 20.5. The van der Waals surface area contributed by atoms with Crippen LogP contribution >= 0.6 is 11.6 Å². The van der Waals surface area contributed by atoms with Crippen molar-refractivity contribution in [2.24, 2.45) is 0 Å². The van der Waals surface area contributed by atoms with Gasteiger partial charge in [0, 0.05) is 18.0 Å². The van der Waals surface area contributed by atoms with Gasteiger partial charge in [-0.1, -0.05) is 17.7 Å². The average Bonchev–Trinajstić information content (AvgIpc) is 3.13. The number of rotatable bonds is 4. The van der Waals surface area contributed by atoms with Crippen LogP contribution in [0, 0.1) is 12.7 Å². The minimum absolute atomic E-state index is 0.0356. The number of nitrogens with zero attached hydrogens (tertiary/aromatic N) is 2. The molecule has 2 aromatic heterocycles. The molecule has 29 heavy (non-hydrogen) atoms. The predicted molar refractivity (Wildman–Crippen MR) is 111 cm³/mol. The van der Waals surface area contributed by atoms with Crippen molar-refractivity contribution >= 4 is 28.8 Å². The Balaban J connectivity index is 1.71. The van der Waals surface area contributed by atoms with E-state index in [0.29, 0.717) is 11.4 Å². The number of benzene rings is 2. The van der Waals surface area contributed by atoms with E-state index in [4.69, 9.17) is 16.3 Å². The molecular weight excluding hydrogens is 393 g/mol. The van der Waals surface area contributed by atoms with E-state index < -0.39 is 11.7 Å². The molecule has 0 atom stereocenters. The molecule has 0 saturated heterocycles. The molecule has 146 valence electrons. The fourth-order valence-electron chi connectivity index (χ4n) is 3.12. The molecule has 0 aliphatic heterocycles. The van der Waals surface area contributed by atoms with Gasteiger partial charge in [0.05, 0.1) is 29.1 Å². The Hall–Kier alpha value is -3.38. The van der Waals surface area contributed by atoms with Crippen LogP contribution in [-0.4, -0.2) is 22.4 Å². The van der Waals surface area contributed by atoms with Crippen molar-refractivity contribution in [1.29, 1.82) is 0 Å². The van der Waals surface area contributed by atoms with Gasteiger partial charge in [0.15, 0.2) is 0 Å². The Bertz CT molecular complexity index is 1240. The maximum absolute atomic E-state index is 13.3. The van der Waals surface area contributed by atoms with Crippen molar-refractivity contribution in [3.63, 3.8) is 0 Å². The van der Waals surface area contributed by atoms with Gasteiger partial charge in [0.1, 0.15) is 17.2 Å². The highest BCUT2D eigenvalue weighted by molar-refractivity contribution is 6.34. The van der Waals surface area contributed by atoms with Gasteiger partial charge in [-0.05, 0) is 55.0 Å². The topological polar surface area (TPSA) is 55.6 Å². The number of nitrogens with one attached hydrogen (secondary N) is 1. The highest BCUT2D eigenvalue weighted by Crippen LogP contribution is 2.31. The van der Waals surface area contributed by atoms with Gasteiger partial charge in [-0.15, -0.1) is 0 Å². The summed E-state index contributed by atoms with van der Waals surface area (Å²) in [4.78, 5) is 17.3. The molecule has 1 amide bonds. The van der Waals surface area contributed by atoms with E-state index in [1.165, 1.54) is 19.2 Å². The summed E-state index contributed by atoms with van der Waals surface area (Å²) in [7, 11) is 1.52. The number of carbonyl (C=O) groups is 1. The van der Waals surface area contributed by atoms with Crippen molar-refractivity contribution in [1.82, 2.24) is 9.38 Å². The number of pyridine rings is 1. The zero-order valence-electron chi connectivity index (χ0n) is 15.7. The van der Waals surface area contributed by atoms with Crippen molar-refractivity contribution < 1.29 is 13.9 Å². The van der Waals surface area contributed by atoms with Gasteiger partial charge in [-0.2, -0.15) is 0 Å². The lowest BCUT2D eigenvalue weighted by molar-refractivity contribution is 0.102. The normalized spacial score (nSPS) is 10.9. The molecule has 1 N–H and O–H groups in total. The first kappa shape index (κ1) is 19.0. The van der Waals surface area contributed by atoms with E-state index in [2.05, 4.69) is 10.3 Å². The number of hydrogen-bond donors (Lipinski definition) is 1. The molecule has 2 aromatic carbocycles. The summed E-state index contributed by atoms with van der Waals surface area (Å²) in [6.07, 6.45) is 3.86. The fraction of sp³-hybridized carbons (Fsp3) is 0.0909. The van der Waals surface area contributed by atoms with Crippen LogP contribution < -0.4 is 10.1 Å². The molecule has 2 heterocycles. The number of imidazole rings is 1. The van der Waals surface area contributed by atoms with E-state index in [1.807, 2.05) is 41.9 Å². The van der Waals surface area contributed by atoms with Gasteiger partial charge < -0.3 is 14.5 Å². The van der Waals surface area contributed by atoms with Gasteiger partial charge in [0.25, 0.3) is 5.91 Å². The number of anilines is 1. The minimum atomic E-state index is -0.506. The number of methoxy groups -OCH3 is 1. The number of amides is 1. The highest BCUT2D eigenvalue weighted by Gasteiger charge is 2.15. The van der Waals surface area contributed by atoms with Gasteiger partial charge in [-0.25, -0.2) is 9.37 Å². The quantitative estimate of drug-likeness (QED) is 0.493. The molecule has 4 aromatic rings. The van der Waals surface area contributed by atoms with E-state index in [-0.39, 0.29) is 10.6 Å². The lowest BCUT2D eigenvalue weighted by Gasteiger charge is -2.12. The Morgan fingerprint density at radius 1 is 1.21 bits per heavy atom. The molecule has 0 aliphatic rings. The number of hydrogen-bond acceptors (Lipinski definition) is 3.